The average molecular weight is 327 g/mol. The van der Waals surface area contributed by atoms with Gasteiger partial charge in [-0.05, 0) is 51.1 Å². The number of allylic oxidation sites excluding steroid dienone is 1. The lowest BCUT2D eigenvalue weighted by Crippen LogP contribution is -2.33. The zero-order chi connectivity index (χ0) is 16.1. The maximum Gasteiger partial charge on any atom is 0.389 e. The van der Waals surface area contributed by atoms with Gasteiger partial charge >= 0.3 is 6.18 Å². The van der Waals surface area contributed by atoms with Gasteiger partial charge in [-0.15, -0.1) is 0 Å². The van der Waals surface area contributed by atoms with Crippen molar-refractivity contribution in [3.63, 3.8) is 0 Å². The molecule has 0 N–H and O–H groups in total. The summed E-state index contributed by atoms with van der Waals surface area (Å²) in [7, 11) is -3.48. The van der Waals surface area contributed by atoms with Crippen LogP contribution in [0.1, 0.15) is 19.8 Å². The van der Waals surface area contributed by atoms with Gasteiger partial charge in [0.1, 0.15) is 0 Å². The molecule has 0 fully saturated rings. The fourth-order valence-electron chi connectivity index (χ4n) is 1.87. The monoisotopic (exact) mass is 327 g/mol. The first-order valence-electron chi connectivity index (χ1n) is 6.46. The zero-order valence-electron chi connectivity index (χ0n) is 12.6. The Morgan fingerprint density at radius 3 is 2.15 bits per heavy atom. The zero-order valence-corrected chi connectivity index (χ0v) is 14.7. The Balaban J connectivity index is 4.89. The number of alkyl halides is 3. The molecule has 0 aromatic rings. The molecule has 8 heteroatoms. The molecule has 118 valence electrons. The third-order valence-electron chi connectivity index (χ3n) is 2.64. The van der Waals surface area contributed by atoms with Gasteiger partial charge in [-0.2, -0.15) is 13.2 Å². The fourth-order valence-corrected chi connectivity index (χ4v) is 8.24. The normalized spacial score (nSPS) is 15.8. The van der Waals surface area contributed by atoms with E-state index in [0.29, 0.717) is 11.6 Å². The third kappa shape index (κ3) is 9.32. The predicted octanol–water partition coefficient (Wildman–Crippen LogP) is 2.60. The van der Waals surface area contributed by atoms with E-state index in [4.69, 9.17) is 4.12 Å². The Kier molecular flexibility index (Phi) is 7.19. The van der Waals surface area contributed by atoms with E-state index in [0.717, 1.165) is 0 Å². The number of carboxylic acid groups (broad SMARTS) is 1. The summed E-state index contributed by atoms with van der Waals surface area (Å²) in [5, 5.41) is 10.9. The van der Waals surface area contributed by atoms with Crippen molar-refractivity contribution in [2.75, 3.05) is 0 Å². The van der Waals surface area contributed by atoms with E-state index in [1.165, 1.54) is 6.92 Å². The second kappa shape index (κ2) is 7.42. The third-order valence-corrected chi connectivity index (χ3v) is 8.14. The highest BCUT2D eigenvalue weighted by molar-refractivity contribution is 6.77. The van der Waals surface area contributed by atoms with Crippen molar-refractivity contribution in [1.29, 1.82) is 0 Å². The molecule has 0 aliphatic rings. The molecular formula is C12H22F3O3Si2-. The number of hydrogen-bond acceptors (Lipinski definition) is 3. The topological polar surface area (TPSA) is 49.4 Å². The first kappa shape index (κ1) is 19.4. The van der Waals surface area contributed by atoms with E-state index in [-0.39, 0.29) is 12.0 Å². The predicted molar refractivity (Wildman–Crippen MR) is 75.2 cm³/mol. The van der Waals surface area contributed by atoms with E-state index in [1.54, 1.807) is 0 Å². The Labute approximate surface area is 120 Å². The van der Waals surface area contributed by atoms with Crippen molar-refractivity contribution in [3.8, 4) is 0 Å². The maximum atomic E-state index is 12.3. The molecule has 0 aliphatic carbocycles. The first-order chi connectivity index (χ1) is 8.82. The molecule has 20 heavy (non-hydrogen) atoms. The Bertz CT molecular complexity index is 373. The highest BCUT2D eigenvalue weighted by Crippen LogP contribution is 2.28. The number of hydrogen-bond donors (Lipinski definition) is 0. The molecule has 0 saturated carbocycles. The van der Waals surface area contributed by atoms with E-state index < -0.39 is 35.9 Å². The Hall–Kier alpha value is -0.606. The molecule has 0 aromatic carbocycles. The van der Waals surface area contributed by atoms with Gasteiger partial charge in [0, 0.05) is 6.42 Å². The number of rotatable bonds is 7. The van der Waals surface area contributed by atoms with Gasteiger partial charge in [-0.3, -0.25) is 0 Å². The highest BCUT2D eigenvalue weighted by atomic mass is 28.4. The number of carbonyl (C=O) groups excluding carboxylic acids is 1. The van der Waals surface area contributed by atoms with Crippen LogP contribution >= 0.6 is 0 Å². The van der Waals surface area contributed by atoms with E-state index in [1.807, 2.05) is 26.2 Å². The van der Waals surface area contributed by atoms with Gasteiger partial charge in [-0.25, -0.2) is 0 Å². The first-order valence-corrected chi connectivity index (χ1v) is 12.3. The van der Waals surface area contributed by atoms with E-state index in [9.17, 15) is 23.1 Å². The second-order valence-electron chi connectivity index (χ2n) is 5.88. The molecule has 0 heterocycles. The lowest BCUT2D eigenvalue weighted by atomic mass is 10.1. The molecule has 0 aromatic heterocycles. The van der Waals surface area contributed by atoms with Gasteiger partial charge in [0.05, 0.1) is 5.97 Å². The van der Waals surface area contributed by atoms with Gasteiger partial charge in [0.2, 0.25) is 0 Å². The summed E-state index contributed by atoms with van der Waals surface area (Å²) in [5.74, 6) is -1.41. The van der Waals surface area contributed by atoms with Crippen LogP contribution in [0.2, 0.25) is 32.2 Å². The molecule has 0 bridgehead atoms. The number of halogens is 3. The molecule has 1 atom stereocenters. The Morgan fingerprint density at radius 2 is 1.80 bits per heavy atom. The van der Waals surface area contributed by atoms with Crippen LogP contribution in [0.15, 0.2) is 11.1 Å². The molecule has 0 aliphatic heterocycles. The summed E-state index contributed by atoms with van der Waals surface area (Å²) in [6.45, 7) is 9.19. The molecule has 0 spiro atoms. The van der Waals surface area contributed by atoms with Crippen LogP contribution in [0.3, 0.4) is 0 Å². The molecule has 0 saturated heterocycles. The minimum Gasteiger partial charge on any atom is -0.545 e. The summed E-state index contributed by atoms with van der Waals surface area (Å²) in [4.78, 5) is 10.9. The minimum absolute atomic E-state index is 0.0900. The van der Waals surface area contributed by atoms with Crippen molar-refractivity contribution >= 4 is 23.3 Å². The van der Waals surface area contributed by atoms with Crippen molar-refractivity contribution in [3.05, 3.63) is 11.1 Å². The summed E-state index contributed by atoms with van der Waals surface area (Å²) in [5.41, 5.74) is 0.215. The summed E-state index contributed by atoms with van der Waals surface area (Å²) in [6, 6.07) is 0.320. The molecular weight excluding hydrogens is 305 g/mol. The average Bonchev–Trinajstić information content (AvgIpc) is 2.19. The van der Waals surface area contributed by atoms with E-state index in [2.05, 4.69) is 0 Å². The van der Waals surface area contributed by atoms with Crippen LogP contribution in [-0.2, 0) is 8.91 Å². The molecule has 1 unspecified atom stereocenters. The largest absolute Gasteiger partial charge is 0.545 e. The minimum atomic E-state index is -4.29. The lowest BCUT2D eigenvalue weighted by molar-refractivity contribution is -0.299. The van der Waals surface area contributed by atoms with E-state index >= 15 is 0 Å². The van der Waals surface area contributed by atoms with Crippen LogP contribution in [0.25, 0.3) is 0 Å². The van der Waals surface area contributed by atoms with Crippen LogP contribution in [0.5, 0.6) is 0 Å². The molecule has 0 rings (SSSR count). The smallest absolute Gasteiger partial charge is 0.389 e. The summed E-state index contributed by atoms with van der Waals surface area (Å²) in [6.07, 6.45) is -5.60. The van der Waals surface area contributed by atoms with Crippen LogP contribution in [-0.4, -0.2) is 29.5 Å². The summed E-state index contributed by atoms with van der Waals surface area (Å²) >= 11 is 0. The number of carbonyl (C=O) groups is 1. The van der Waals surface area contributed by atoms with Crippen molar-refractivity contribution in [2.24, 2.45) is 0 Å². The molecule has 0 radical (unpaired) electrons. The van der Waals surface area contributed by atoms with Gasteiger partial charge in [-0.1, -0.05) is 5.57 Å². The SMILES string of the molecule is CC(C(=O)[O-])=C(CCC(F)(F)F)C[SiH](C)O[Si](C)(C)C. The van der Waals surface area contributed by atoms with Crippen molar-refractivity contribution in [1.82, 2.24) is 0 Å². The highest BCUT2D eigenvalue weighted by Gasteiger charge is 2.28. The molecule has 0 amide bonds. The van der Waals surface area contributed by atoms with Crippen molar-refractivity contribution in [2.45, 2.75) is 58.2 Å². The molecule has 3 nitrogen and oxygen atoms in total. The van der Waals surface area contributed by atoms with Crippen LogP contribution in [0.4, 0.5) is 13.2 Å². The van der Waals surface area contributed by atoms with Gasteiger partial charge < -0.3 is 14.0 Å². The fraction of sp³-hybridized carbons (Fsp3) is 0.750. The quantitative estimate of drug-likeness (QED) is 0.533. The number of aliphatic carboxylic acids is 1. The van der Waals surface area contributed by atoms with Crippen molar-refractivity contribution < 1.29 is 27.2 Å². The second-order valence-corrected chi connectivity index (χ2v) is 13.1. The number of carboxylic acids is 1. The van der Waals surface area contributed by atoms with Gasteiger partial charge in [0.15, 0.2) is 17.4 Å². The summed E-state index contributed by atoms with van der Waals surface area (Å²) < 4.78 is 42.8. The van der Waals surface area contributed by atoms with Crippen LogP contribution < -0.4 is 5.11 Å². The standard InChI is InChI=1S/C12H23F3O3Si2/c1-9(11(16)17)10(6-7-12(13,14)15)8-19(2)18-20(3,4)5/h19H,6-8H2,1-5H3,(H,16,17)/p-1. The Morgan fingerprint density at radius 1 is 1.30 bits per heavy atom. The lowest BCUT2D eigenvalue weighted by Gasteiger charge is -2.25. The van der Waals surface area contributed by atoms with Gasteiger partial charge in [0.25, 0.3) is 0 Å². The van der Waals surface area contributed by atoms with Crippen LogP contribution in [0, 0.1) is 0 Å². The maximum absolute atomic E-state index is 12.3.